The van der Waals surface area contributed by atoms with Gasteiger partial charge in [0.15, 0.2) is 9.84 Å². The summed E-state index contributed by atoms with van der Waals surface area (Å²) < 4.78 is 24.4. The molecule has 2 heterocycles. The van der Waals surface area contributed by atoms with Gasteiger partial charge in [0.2, 0.25) is 11.8 Å². The van der Waals surface area contributed by atoms with Gasteiger partial charge in [-0.15, -0.1) is 12.4 Å². The molecule has 0 radical (unpaired) electrons. The second kappa shape index (κ2) is 13.8. The number of fused-ring (bicyclic) bond motifs is 2. The van der Waals surface area contributed by atoms with Crippen molar-refractivity contribution in [3.63, 3.8) is 0 Å². The van der Waals surface area contributed by atoms with Crippen LogP contribution in [0.3, 0.4) is 0 Å². The Hall–Kier alpha value is -3.54. The maximum Gasteiger partial charge on any atom is 0.252 e. The molecule has 0 unspecified atom stereocenters. The largest absolute Gasteiger partial charge is 0.341 e. The number of nitrogens with zero attached hydrogens (tertiary/aromatic N) is 4. The van der Waals surface area contributed by atoms with Crippen molar-refractivity contribution in [2.75, 3.05) is 34.9 Å². The van der Waals surface area contributed by atoms with Crippen LogP contribution in [-0.4, -0.2) is 79.2 Å². The van der Waals surface area contributed by atoms with Gasteiger partial charge in [-0.05, 0) is 63.2 Å². The minimum absolute atomic E-state index is 0. The number of carbonyl (C=O) groups excluding carboxylic acids is 3. The lowest BCUT2D eigenvalue weighted by Gasteiger charge is -2.34. The molecule has 1 aliphatic rings. The molecule has 0 saturated carbocycles. The quantitative estimate of drug-likeness (QED) is 0.385. The summed E-state index contributed by atoms with van der Waals surface area (Å²) >= 11 is 0. The van der Waals surface area contributed by atoms with Crippen LogP contribution in [0, 0.1) is 6.92 Å². The Labute approximate surface area is 259 Å². The van der Waals surface area contributed by atoms with E-state index in [0.29, 0.717) is 24.5 Å². The van der Waals surface area contributed by atoms with Gasteiger partial charge in [0.1, 0.15) is 11.8 Å². The van der Waals surface area contributed by atoms with Crippen molar-refractivity contribution < 1.29 is 22.8 Å². The van der Waals surface area contributed by atoms with Crippen LogP contribution in [-0.2, 0) is 30.8 Å². The molecule has 0 fully saturated rings. The Balaban J connectivity index is 0.00000506. The van der Waals surface area contributed by atoms with E-state index in [0.717, 1.165) is 28.3 Å². The number of rotatable bonds is 9. The van der Waals surface area contributed by atoms with Crippen molar-refractivity contribution in [1.82, 2.24) is 15.2 Å². The Morgan fingerprint density at radius 2 is 1.65 bits per heavy atom. The van der Waals surface area contributed by atoms with Crippen molar-refractivity contribution in [3.05, 3.63) is 65.9 Å². The van der Waals surface area contributed by atoms with E-state index in [2.05, 4.69) is 10.3 Å². The summed E-state index contributed by atoms with van der Waals surface area (Å²) in [6.45, 7) is 10.7. The first-order chi connectivity index (χ1) is 19.9. The molecule has 4 rings (SSSR count). The normalized spacial score (nSPS) is 17.7. The average molecular weight is 630 g/mol. The van der Waals surface area contributed by atoms with Crippen LogP contribution in [0.15, 0.2) is 54.7 Å². The van der Waals surface area contributed by atoms with Crippen molar-refractivity contribution in [2.45, 2.75) is 59.3 Å². The van der Waals surface area contributed by atoms with E-state index >= 15 is 0 Å². The van der Waals surface area contributed by atoms with E-state index in [1.54, 1.807) is 49.2 Å². The number of benzene rings is 2. The third-order valence-electron chi connectivity index (χ3n) is 7.96. The highest BCUT2D eigenvalue weighted by molar-refractivity contribution is 7.91. The first kappa shape index (κ1) is 34.0. The third-order valence-corrected chi connectivity index (χ3v) is 8.74. The van der Waals surface area contributed by atoms with E-state index in [1.807, 2.05) is 49.9 Å². The highest BCUT2D eigenvalue weighted by Gasteiger charge is 2.43. The number of para-hydroxylation sites is 3. The molecule has 10 nitrogen and oxygen atoms in total. The van der Waals surface area contributed by atoms with Gasteiger partial charge in [-0.1, -0.05) is 44.2 Å². The van der Waals surface area contributed by atoms with Crippen LogP contribution in [0.25, 0.3) is 10.9 Å². The fourth-order valence-corrected chi connectivity index (χ4v) is 6.22. The lowest BCUT2D eigenvalue weighted by molar-refractivity contribution is -0.131. The van der Waals surface area contributed by atoms with E-state index in [-0.39, 0.29) is 24.9 Å². The third kappa shape index (κ3) is 7.17. The van der Waals surface area contributed by atoms with Crippen LogP contribution in [0.5, 0.6) is 0 Å². The summed E-state index contributed by atoms with van der Waals surface area (Å²) in [5.41, 5.74) is 3.40. The van der Waals surface area contributed by atoms with Gasteiger partial charge in [-0.3, -0.25) is 24.3 Å². The summed E-state index contributed by atoms with van der Waals surface area (Å²) in [6.07, 6.45) is 2.76. The number of sulfone groups is 1. The number of amides is 3. The Kier molecular flexibility index (Phi) is 10.9. The molecular weight excluding hydrogens is 590 g/mol. The molecule has 232 valence electrons. The number of hydrogen-bond donors (Lipinski definition) is 1. The molecule has 2 aromatic carbocycles. The van der Waals surface area contributed by atoms with E-state index < -0.39 is 45.5 Å². The monoisotopic (exact) mass is 629 g/mol. The van der Waals surface area contributed by atoms with Gasteiger partial charge < -0.3 is 15.1 Å². The Morgan fingerprint density at radius 3 is 2.28 bits per heavy atom. The fourth-order valence-electron chi connectivity index (χ4n) is 5.64. The lowest BCUT2D eigenvalue weighted by Crippen LogP contribution is -2.60. The van der Waals surface area contributed by atoms with E-state index in [1.165, 1.54) is 4.90 Å². The summed E-state index contributed by atoms with van der Waals surface area (Å²) in [5.74, 6) is -2.15. The van der Waals surface area contributed by atoms with Crippen LogP contribution < -0.4 is 15.1 Å². The summed E-state index contributed by atoms with van der Waals surface area (Å²) in [6, 6.07) is 12.1. The molecule has 0 aliphatic carbocycles. The zero-order chi connectivity index (χ0) is 30.8. The summed E-state index contributed by atoms with van der Waals surface area (Å²) in [5, 5.41) is 3.82. The number of aryl methyl sites for hydroxylation is 1. The van der Waals surface area contributed by atoms with Crippen molar-refractivity contribution in [3.8, 4) is 0 Å². The van der Waals surface area contributed by atoms with Crippen LogP contribution in [0.1, 0.15) is 38.8 Å². The smallest absolute Gasteiger partial charge is 0.252 e. The van der Waals surface area contributed by atoms with Gasteiger partial charge in [-0.2, -0.15) is 0 Å². The van der Waals surface area contributed by atoms with Crippen LogP contribution >= 0.6 is 12.4 Å². The van der Waals surface area contributed by atoms with Crippen molar-refractivity contribution >= 4 is 62.2 Å². The molecule has 0 bridgehead atoms. The van der Waals surface area contributed by atoms with Crippen LogP contribution in [0.2, 0.25) is 0 Å². The minimum Gasteiger partial charge on any atom is -0.341 e. The highest BCUT2D eigenvalue weighted by Crippen LogP contribution is 2.37. The topological polar surface area (TPSA) is 120 Å². The maximum atomic E-state index is 14.5. The molecule has 3 aromatic rings. The summed E-state index contributed by atoms with van der Waals surface area (Å²) in [7, 11) is -3.68. The zero-order valence-electron chi connectivity index (χ0n) is 25.4. The van der Waals surface area contributed by atoms with Crippen LogP contribution in [0.4, 0.5) is 11.4 Å². The van der Waals surface area contributed by atoms with Gasteiger partial charge >= 0.3 is 0 Å². The first-order valence-corrected chi connectivity index (χ1v) is 16.2. The molecule has 1 aliphatic heterocycles. The molecule has 3 atom stereocenters. The van der Waals surface area contributed by atoms with Gasteiger partial charge in [0.05, 0.1) is 35.5 Å². The van der Waals surface area contributed by atoms with Gasteiger partial charge in [0, 0.05) is 17.8 Å². The minimum atomic E-state index is -3.68. The second-order valence-corrected chi connectivity index (χ2v) is 12.9. The number of hydrogen-bond acceptors (Lipinski definition) is 7. The number of halogens is 1. The van der Waals surface area contributed by atoms with E-state index in [9.17, 15) is 22.8 Å². The molecule has 12 heteroatoms. The predicted molar refractivity (Wildman–Crippen MR) is 172 cm³/mol. The molecule has 0 saturated heterocycles. The average Bonchev–Trinajstić information content (AvgIpc) is 3.02. The number of anilines is 2. The van der Waals surface area contributed by atoms with Gasteiger partial charge in [-0.25, -0.2) is 8.42 Å². The Morgan fingerprint density at radius 1 is 1.05 bits per heavy atom. The highest BCUT2D eigenvalue weighted by atomic mass is 35.5. The van der Waals surface area contributed by atoms with Gasteiger partial charge in [0.25, 0.3) is 5.91 Å². The number of nitrogens with one attached hydrogen (secondary N) is 1. The summed E-state index contributed by atoms with van der Waals surface area (Å²) in [4.78, 5) is 51.1. The number of likely N-dealkylation sites (N-methyl/N-ethyl adjacent to an activating group) is 1. The number of aromatic nitrogens is 1. The zero-order valence-corrected chi connectivity index (χ0v) is 27.0. The first-order valence-electron chi connectivity index (χ1n) is 14.2. The molecule has 3 amide bonds. The molecular formula is C31H40ClN5O5S. The Bertz CT molecular complexity index is 1610. The molecule has 0 spiro atoms. The fraction of sp³-hybridized carbons (Fsp3) is 0.419. The van der Waals surface area contributed by atoms with E-state index in [4.69, 9.17) is 0 Å². The SMILES string of the molecule is CCN(CC)[C@@H](C)C(=O)N[C@@H]1C(=O)N(Cc2c(C)cnc3ccccc23)c2ccccc2N(C(=O)CS(C)(=O)=O)[C@H]1C.Cl. The predicted octanol–water partition coefficient (Wildman–Crippen LogP) is 3.49. The maximum absolute atomic E-state index is 14.5. The molecule has 43 heavy (non-hydrogen) atoms. The lowest BCUT2D eigenvalue weighted by atomic mass is 10.0. The standard InChI is InChI=1S/C31H39N5O5S.ClH/c1-7-34(8-2)22(5)30(38)33-29-21(4)36(28(37)19-42(6,40)41)27-16-12-11-15-26(27)35(31(29)39)18-24-20(3)17-32-25-14-10-9-13-23(24)25;/h9-17,21-22,29H,7-8,18-19H2,1-6H3,(H,33,38);1H/t21-,22-,29-;/m0./s1. The van der Waals surface area contributed by atoms with Crippen molar-refractivity contribution in [2.24, 2.45) is 0 Å². The second-order valence-electron chi connectivity index (χ2n) is 10.8. The molecule has 1 N–H and O–H groups in total. The number of carbonyl (C=O) groups is 3. The number of pyridine rings is 1. The van der Waals surface area contributed by atoms with Crippen molar-refractivity contribution in [1.29, 1.82) is 0 Å². The molecule has 1 aromatic heterocycles.